The molecule has 0 bridgehead atoms. The summed E-state index contributed by atoms with van der Waals surface area (Å²) >= 11 is 0. The molecule has 0 heterocycles. The molecule has 0 saturated carbocycles. The fourth-order valence-corrected chi connectivity index (χ4v) is 8.98. The van der Waals surface area contributed by atoms with E-state index in [1.165, 1.54) is 148 Å². The lowest BCUT2D eigenvalue weighted by atomic mass is 10.0. The van der Waals surface area contributed by atoms with Gasteiger partial charge in [0.05, 0.1) is 39.9 Å². The fourth-order valence-electron chi connectivity index (χ4n) is 8.26. The van der Waals surface area contributed by atoms with Crippen molar-refractivity contribution in [2.75, 3.05) is 40.9 Å². The number of rotatable bonds is 53. The van der Waals surface area contributed by atoms with Crippen molar-refractivity contribution in [1.82, 2.24) is 5.32 Å². The Balaban J connectivity index is 4.28. The van der Waals surface area contributed by atoms with E-state index in [-0.39, 0.29) is 12.5 Å². The first-order chi connectivity index (χ1) is 34.5. The maximum atomic E-state index is 13.0. The molecule has 3 unspecified atom stereocenters. The van der Waals surface area contributed by atoms with Crippen LogP contribution in [0.3, 0.4) is 0 Å². The molecular formula is C62H113N2O6P. The Morgan fingerprint density at radius 3 is 1.31 bits per heavy atom. The van der Waals surface area contributed by atoms with Gasteiger partial charge in [-0.2, -0.15) is 0 Å². The van der Waals surface area contributed by atoms with Crippen LogP contribution in [0, 0.1) is 0 Å². The van der Waals surface area contributed by atoms with Crippen LogP contribution >= 0.6 is 7.82 Å². The number of aliphatic hydroxyl groups is 1. The highest BCUT2D eigenvalue weighted by molar-refractivity contribution is 7.45. The number of aliphatic hydroxyl groups excluding tert-OH is 1. The second-order valence-corrected chi connectivity index (χ2v) is 22.4. The van der Waals surface area contributed by atoms with E-state index in [1.807, 2.05) is 27.2 Å². The van der Waals surface area contributed by atoms with Crippen LogP contribution in [0.2, 0.25) is 0 Å². The summed E-state index contributed by atoms with van der Waals surface area (Å²) in [5.74, 6) is -0.220. The van der Waals surface area contributed by atoms with Crippen molar-refractivity contribution < 1.29 is 32.9 Å². The van der Waals surface area contributed by atoms with Gasteiger partial charge in [0.15, 0.2) is 0 Å². The highest BCUT2D eigenvalue weighted by Crippen LogP contribution is 2.38. The van der Waals surface area contributed by atoms with Gasteiger partial charge in [0.25, 0.3) is 7.82 Å². The Morgan fingerprint density at radius 1 is 0.507 bits per heavy atom. The molecule has 8 nitrogen and oxygen atoms in total. The van der Waals surface area contributed by atoms with E-state index in [4.69, 9.17) is 9.05 Å². The Hall–Kier alpha value is -2.32. The van der Waals surface area contributed by atoms with Crippen LogP contribution < -0.4 is 10.2 Å². The number of hydrogen-bond donors (Lipinski definition) is 2. The van der Waals surface area contributed by atoms with E-state index in [9.17, 15) is 19.4 Å². The molecule has 1 amide bonds. The van der Waals surface area contributed by atoms with Crippen molar-refractivity contribution >= 4 is 13.7 Å². The van der Waals surface area contributed by atoms with Gasteiger partial charge in [0, 0.05) is 6.42 Å². The molecule has 71 heavy (non-hydrogen) atoms. The summed E-state index contributed by atoms with van der Waals surface area (Å²) < 4.78 is 23.3. The third-order valence-corrected chi connectivity index (χ3v) is 13.8. The molecular weight excluding hydrogens is 900 g/mol. The summed E-state index contributed by atoms with van der Waals surface area (Å²) in [7, 11) is 1.23. The standard InChI is InChI=1S/C62H113N2O6P/c1-6-8-10-12-14-16-18-20-22-24-26-28-30-31-32-34-35-37-39-41-43-45-47-49-51-53-55-61(65)60(59-70-71(67,68)69-58-57-64(3,4)5)63-62(66)56-54-52-50-48-46-44-42-40-38-36-33-29-27-25-23-21-19-17-15-13-11-9-7-2/h9,11,15,17,21,23,27,29,36,38,45,47,53,55,60-61,65H,6-8,10,12-14,16,18-20,22,24-26,28,30-35,37,39-44,46,48-52,54,56-59H2,1-5H3,(H-,63,66,67,68)/b11-9-,17-15-,23-21-,29-27-,38-36-,47-45+,55-53+. The number of phosphoric acid groups is 1. The van der Waals surface area contributed by atoms with E-state index in [2.05, 4.69) is 92.1 Å². The number of nitrogens with one attached hydrogen (secondary N) is 1. The van der Waals surface area contributed by atoms with E-state index in [1.54, 1.807) is 6.08 Å². The average molecular weight is 1010 g/mol. The van der Waals surface area contributed by atoms with Gasteiger partial charge in [-0.25, -0.2) is 0 Å². The molecule has 9 heteroatoms. The van der Waals surface area contributed by atoms with Gasteiger partial charge in [0.1, 0.15) is 13.2 Å². The van der Waals surface area contributed by atoms with Crippen molar-refractivity contribution in [2.24, 2.45) is 0 Å². The lowest BCUT2D eigenvalue weighted by Crippen LogP contribution is -2.45. The topological polar surface area (TPSA) is 108 Å². The molecule has 0 aromatic heterocycles. The van der Waals surface area contributed by atoms with Gasteiger partial charge in [-0.05, 0) is 77.0 Å². The molecule has 0 aromatic rings. The van der Waals surface area contributed by atoms with Crippen molar-refractivity contribution in [3.05, 3.63) is 85.1 Å². The number of hydrogen-bond acceptors (Lipinski definition) is 6. The first-order valence-corrected chi connectivity index (χ1v) is 30.9. The van der Waals surface area contributed by atoms with Crippen LogP contribution in [-0.2, 0) is 18.4 Å². The van der Waals surface area contributed by atoms with Gasteiger partial charge in [-0.1, -0.05) is 253 Å². The second kappa shape index (κ2) is 52.5. The highest BCUT2D eigenvalue weighted by atomic mass is 31.2. The molecule has 3 atom stereocenters. The minimum absolute atomic E-state index is 0.0127. The highest BCUT2D eigenvalue weighted by Gasteiger charge is 2.23. The number of carbonyl (C=O) groups excluding carboxylic acids is 1. The van der Waals surface area contributed by atoms with E-state index in [0.717, 1.165) is 83.5 Å². The van der Waals surface area contributed by atoms with Crippen LogP contribution in [0.1, 0.15) is 251 Å². The first kappa shape index (κ1) is 68.7. The third kappa shape index (κ3) is 55.3. The van der Waals surface area contributed by atoms with Crippen LogP contribution in [0.5, 0.6) is 0 Å². The van der Waals surface area contributed by atoms with Crippen molar-refractivity contribution in [3.8, 4) is 0 Å². The number of nitrogens with zero attached hydrogens (tertiary/aromatic N) is 1. The summed E-state index contributed by atoms with van der Waals surface area (Å²) in [6.07, 6.45) is 73.8. The lowest BCUT2D eigenvalue weighted by Gasteiger charge is -2.29. The predicted molar refractivity (Wildman–Crippen MR) is 307 cm³/mol. The predicted octanol–water partition coefficient (Wildman–Crippen LogP) is 17.4. The summed E-state index contributed by atoms with van der Waals surface area (Å²) in [5.41, 5.74) is 0. The van der Waals surface area contributed by atoms with Crippen molar-refractivity contribution in [3.63, 3.8) is 0 Å². The number of phosphoric ester groups is 1. The van der Waals surface area contributed by atoms with Crippen LogP contribution in [0.25, 0.3) is 0 Å². The smallest absolute Gasteiger partial charge is 0.268 e. The van der Waals surface area contributed by atoms with Gasteiger partial charge in [-0.3, -0.25) is 9.36 Å². The number of unbranched alkanes of at least 4 members (excludes halogenated alkanes) is 28. The molecule has 0 aliphatic rings. The minimum Gasteiger partial charge on any atom is -0.756 e. The largest absolute Gasteiger partial charge is 0.756 e. The molecule has 0 saturated heterocycles. The van der Waals surface area contributed by atoms with E-state index in [0.29, 0.717) is 17.4 Å². The van der Waals surface area contributed by atoms with Crippen LogP contribution in [-0.4, -0.2) is 68.5 Å². The minimum atomic E-state index is -4.62. The summed E-state index contributed by atoms with van der Waals surface area (Å²) in [4.78, 5) is 25.5. The third-order valence-electron chi connectivity index (χ3n) is 12.8. The maximum absolute atomic E-state index is 13.0. The molecule has 2 N–H and O–H groups in total. The zero-order chi connectivity index (χ0) is 52.0. The zero-order valence-electron chi connectivity index (χ0n) is 46.9. The number of allylic oxidation sites excluding steroid dienone is 13. The lowest BCUT2D eigenvalue weighted by molar-refractivity contribution is -0.870. The number of amides is 1. The second-order valence-electron chi connectivity index (χ2n) is 21.0. The summed E-state index contributed by atoms with van der Waals surface area (Å²) in [5, 5.41) is 13.9. The average Bonchev–Trinajstić information content (AvgIpc) is 3.33. The Morgan fingerprint density at radius 2 is 0.873 bits per heavy atom. The molecule has 0 aliphatic carbocycles. The molecule has 0 aliphatic heterocycles. The summed E-state index contributed by atoms with van der Waals surface area (Å²) in [6.45, 7) is 4.52. The Bertz CT molecular complexity index is 1430. The molecule has 412 valence electrons. The quantitative estimate of drug-likeness (QED) is 0.0272. The SMILES string of the molecule is CC/C=C\C/C=C\C/C=C\C/C=C\C/C=C\CCCCCCCCCC(=O)NC(COP(=O)([O-])OCC[N+](C)(C)C)C(O)/C=C/CC/C=C/CCCCCCCCCCCCCCCCCCCCCC. The van der Waals surface area contributed by atoms with Crippen molar-refractivity contribution in [2.45, 2.75) is 264 Å². The number of quaternary nitrogens is 1. The van der Waals surface area contributed by atoms with Gasteiger partial charge >= 0.3 is 0 Å². The molecule has 0 rings (SSSR count). The van der Waals surface area contributed by atoms with Crippen molar-refractivity contribution in [1.29, 1.82) is 0 Å². The molecule has 0 fully saturated rings. The van der Waals surface area contributed by atoms with E-state index < -0.39 is 26.6 Å². The maximum Gasteiger partial charge on any atom is 0.268 e. The molecule has 0 spiro atoms. The Kier molecular flexibility index (Phi) is 50.8. The normalized spacial score (nSPS) is 14.5. The van der Waals surface area contributed by atoms with Gasteiger partial charge in [0.2, 0.25) is 5.91 Å². The van der Waals surface area contributed by atoms with Gasteiger partial charge < -0.3 is 28.8 Å². The van der Waals surface area contributed by atoms with Crippen LogP contribution in [0.4, 0.5) is 0 Å². The number of likely N-dealkylation sites (N-methyl/N-ethyl adjacent to an activating group) is 1. The first-order valence-electron chi connectivity index (χ1n) is 29.4. The van der Waals surface area contributed by atoms with Gasteiger partial charge in [-0.15, -0.1) is 0 Å². The monoisotopic (exact) mass is 1010 g/mol. The van der Waals surface area contributed by atoms with Crippen LogP contribution in [0.15, 0.2) is 85.1 Å². The fraction of sp³-hybridized carbons (Fsp3) is 0.758. The molecule has 0 radical (unpaired) electrons. The number of carbonyl (C=O) groups is 1. The molecule has 0 aromatic carbocycles. The zero-order valence-corrected chi connectivity index (χ0v) is 47.8. The van der Waals surface area contributed by atoms with E-state index >= 15 is 0 Å². The summed E-state index contributed by atoms with van der Waals surface area (Å²) in [6, 6.07) is -0.916. The Labute approximate surface area is 439 Å².